The number of hydrogen-bond acceptors (Lipinski definition) is 4. The van der Waals surface area contributed by atoms with E-state index in [0.29, 0.717) is 49.5 Å². The third-order valence-corrected chi connectivity index (χ3v) is 4.59. The van der Waals surface area contributed by atoms with E-state index in [4.69, 9.17) is 4.74 Å². The van der Waals surface area contributed by atoms with Gasteiger partial charge in [0.05, 0.1) is 18.4 Å². The summed E-state index contributed by atoms with van der Waals surface area (Å²) in [6.07, 6.45) is 0. The largest absolute Gasteiger partial charge is 0.465 e. The van der Waals surface area contributed by atoms with Crippen LogP contribution in [-0.4, -0.2) is 55.1 Å². The van der Waals surface area contributed by atoms with E-state index in [1.165, 1.54) is 13.2 Å². The van der Waals surface area contributed by atoms with E-state index in [1.54, 1.807) is 41.3 Å². The zero-order valence-electron chi connectivity index (χ0n) is 15.2. The molecule has 2 aromatic rings. The third-order valence-electron chi connectivity index (χ3n) is 4.59. The Morgan fingerprint density at radius 3 is 2.41 bits per heavy atom. The van der Waals surface area contributed by atoms with Crippen molar-refractivity contribution in [1.82, 2.24) is 9.80 Å². The molecule has 0 spiro atoms. The minimum Gasteiger partial charge on any atom is -0.465 e. The van der Waals surface area contributed by atoms with Gasteiger partial charge in [0.25, 0.3) is 0 Å². The lowest BCUT2D eigenvalue weighted by molar-refractivity contribution is 0.0602. The second-order valence-corrected chi connectivity index (χ2v) is 6.32. The summed E-state index contributed by atoms with van der Waals surface area (Å²) in [6, 6.07) is 13.2. The molecular formula is C20H22FN3O3. The number of carbonyl (C=O) groups is 2. The molecule has 2 aromatic carbocycles. The Hall–Kier alpha value is -2.93. The number of methoxy groups -OCH3 is 1. The van der Waals surface area contributed by atoms with Crippen LogP contribution < -0.4 is 5.32 Å². The van der Waals surface area contributed by atoms with Gasteiger partial charge >= 0.3 is 12.0 Å². The Labute approximate surface area is 157 Å². The Balaban J connectivity index is 1.56. The van der Waals surface area contributed by atoms with Crippen LogP contribution >= 0.6 is 0 Å². The van der Waals surface area contributed by atoms with Crippen LogP contribution in [0.2, 0.25) is 0 Å². The number of urea groups is 1. The van der Waals surface area contributed by atoms with Gasteiger partial charge in [0.2, 0.25) is 0 Å². The molecule has 0 aromatic heterocycles. The summed E-state index contributed by atoms with van der Waals surface area (Å²) in [6.45, 7) is 2.88. The van der Waals surface area contributed by atoms with E-state index in [9.17, 15) is 14.0 Å². The molecule has 2 amide bonds. The molecule has 0 unspecified atom stereocenters. The molecule has 142 valence electrons. The second-order valence-electron chi connectivity index (χ2n) is 6.32. The number of halogens is 1. The number of carbonyl (C=O) groups excluding carboxylic acids is 2. The van der Waals surface area contributed by atoms with Crippen LogP contribution in [0.1, 0.15) is 15.9 Å². The highest BCUT2D eigenvalue weighted by Crippen LogP contribution is 2.18. The Bertz CT molecular complexity index is 820. The van der Waals surface area contributed by atoms with Crippen LogP contribution in [0.4, 0.5) is 14.9 Å². The van der Waals surface area contributed by atoms with E-state index in [0.717, 1.165) is 0 Å². The van der Waals surface area contributed by atoms with E-state index >= 15 is 0 Å². The highest BCUT2D eigenvalue weighted by molar-refractivity contribution is 6.00. The first-order valence-electron chi connectivity index (χ1n) is 8.77. The maximum Gasteiger partial charge on any atom is 0.339 e. The van der Waals surface area contributed by atoms with Crippen molar-refractivity contribution < 1.29 is 18.7 Å². The number of benzene rings is 2. The molecular weight excluding hydrogens is 349 g/mol. The summed E-state index contributed by atoms with van der Waals surface area (Å²) in [5.41, 5.74) is 1.39. The molecule has 0 saturated carbocycles. The number of para-hydroxylation sites is 1. The predicted molar refractivity (Wildman–Crippen MR) is 100 cm³/mol. The minimum absolute atomic E-state index is 0.211. The van der Waals surface area contributed by atoms with Crippen molar-refractivity contribution in [3.63, 3.8) is 0 Å². The summed E-state index contributed by atoms with van der Waals surface area (Å²) < 4.78 is 18.5. The van der Waals surface area contributed by atoms with Gasteiger partial charge in [-0.1, -0.05) is 30.3 Å². The van der Waals surface area contributed by atoms with Crippen molar-refractivity contribution in [3.8, 4) is 0 Å². The Kier molecular flexibility index (Phi) is 6.03. The first kappa shape index (κ1) is 18.8. The van der Waals surface area contributed by atoms with Crippen molar-refractivity contribution in [2.45, 2.75) is 6.54 Å². The van der Waals surface area contributed by atoms with Crippen molar-refractivity contribution in [1.29, 1.82) is 0 Å². The summed E-state index contributed by atoms with van der Waals surface area (Å²) >= 11 is 0. The van der Waals surface area contributed by atoms with Gasteiger partial charge in [-0.15, -0.1) is 0 Å². The fourth-order valence-corrected chi connectivity index (χ4v) is 3.05. The number of rotatable bonds is 4. The minimum atomic E-state index is -0.499. The molecule has 7 heteroatoms. The molecule has 6 nitrogen and oxygen atoms in total. The zero-order chi connectivity index (χ0) is 19.2. The van der Waals surface area contributed by atoms with E-state index in [1.807, 2.05) is 6.07 Å². The number of nitrogens with zero attached hydrogens (tertiary/aromatic N) is 2. The van der Waals surface area contributed by atoms with Crippen molar-refractivity contribution in [3.05, 3.63) is 65.5 Å². The van der Waals surface area contributed by atoms with Crippen molar-refractivity contribution in [2.75, 3.05) is 38.6 Å². The van der Waals surface area contributed by atoms with E-state index < -0.39 is 5.97 Å². The van der Waals surface area contributed by atoms with Crippen LogP contribution in [0.3, 0.4) is 0 Å². The predicted octanol–water partition coefficient (Wildman–Crippen LogP) is 2.96. The summed E-state index contributed by atoms with van der Waals surface area (Å²) in [4.78, 5) is 28.1. The SMILES string of the molecule is COC(=O)c1ccccc1NC(=O)N1CCN(Cc2ccccc2F)CC1. The maximum atomic E-state index is 13.8. The number of nitrogens with one attached hydrogen (secondary N) is 1. The normalized spacial score (nSPS) is 14.7. The Morgan fingerprint density at radius 2 is 1.70 bits per heavy atom. The smallest absolute Gasteiger partial charge is 0.339 e. The van der Waals surface area contributed by atoms with Crippen molar-refractivity contribution >= 4 is 17.7 Å². The number of hydrogen-bond donors (Lipinski definition) is 1. The monoisotopic (exact) mass is 371 g/mol. The molecule has 1 saturated heterocycles. The van der Waals surface area contributed by atoms with Crippen LogP contribution in [0.25, 0.3) is 0 Å². The zero-order valence-corrected chi connectivity index (χ0v) is 15.2. The molecule has 1 N–H and O–H groups in total. The van der Waals surface area contributed by atoms with Crippen LogP contribution in [0.15, 0.2) is 48.5 Å². The fourth-order valence-electron chi connectivity index (χ4n) is 3.05. The second kappa shape index (κ2) is 8.64. The molecule has 3 rings (SSSR count). The van der Waals surface area contributed by atoms with E-state index in [-0.39, 0.29) is 11.8 Å². The highest BCUT2D eigenvalue weighted by atomic mass is 19.1. The van der Waals surface area contributed by atoms with Gasteiger partial charge < -0.3 is 15.0 Å². The molecule has 27 heavy (non-hydrogen) atoms. The standard InChI is InChI=1S/C20H22FN3O3/c1-27-19(25)16-7-3-5-9-18(16)22-20(26)24-12-10-23(11-13-24)14-15-6-2-4-8-17(15)21/h2-9H,10-14H2,1H3,(H,22,26). The average molecular weight is 371 g/mol. The van der Waals surface area contributed by atoms with Gasteiger partial charge in [0, 0.05) is 38.3 Å². The van der Waals surface area contributed by atoms with Gasteiger partial charge in [0.15, 0.2) is 0 Å². The average Bonchev–Trinajstić information content (AvgIpc) is 2.70. The van der Waals surface area contributed by atoms with Crippen LogP contribution in [0.5, 0.6) is 0 Å². The molecule has 1 aliphatic rings. The third kappa shape index (κ3) is 4.62. The highest BCUT2D eigenvalue weighted by Gasteiger charge is 2.23. The lowest BCUT2D eigenvalue weighted by Crippen LogP contribution is -2.49. The molecule has 0 atom stereocenters. The summed E-state index contributed by atoms with van der Waals surface area (Å²) in [7, 11) is 1.30. The topological polar surface area (TPSA) is 61.9 Å². The molecule has 0 bridgehead atoms. The van der Waals surface area contributed by atoms with Gasteiger partial charge in [-0.2, -0.15) is 0 Å². The maximum absolute atomic E-state index is 13.8. The summed E-state index contributed by atoms with van der Waals surface area (Å²) in [5, 5.41) is 2.78. The lowest BCUT2D eigenvalue weighted by Gasteiger charge is -2.34. The van der Waals surface area contributed by atoms with Crippen LogP contribution in [-0.2, 0) is 11.3 Å². The Morgan fingerprint density at radius 1 is 1.04 bits per heavy atom. The van der Waals surface area contributed by atoms with Gasteiger partial charge in [-0.05, 0) is 18.2 Å². The van der Waals surface area contributed by atoms with Gasteiger partial charge in [-0.3, -0.25) is 4.90 Å². The quantitative estimate of drug-likeness (QED) is 0.840. The molecule has 1 fully saturated rings. The van der Waals surface area contributed by atoms with E-state index in [2.05, 4.69) is 10.2 Å². The number of ether oxygens (including phenoxy) is 1. The van der Waals surface area contributed by atoms with Crippen LogP contribution in [0, 0.1) is 5.82 Å². The van der Waals surface area contributed by atoms with Crippen molar-refractivity contribution in [2.24, 2.45) is 0 Å². The first-order chi connectivity index (χ1) is 13.1. The number of esters is 1. The molecule has 0 aliphatic carbocycles. The first-order valence-corrected chi connectivity index (χ1v) is 8.77. The molecule has 1 aliphatic heterocycles. The fraction of sp³-hybridized carbons (Fsp3) is 0.300. The van der Waals surface area contributed by atoms with Gasteiger partial charge in [-0.25, -0.2) is 14.0 Å². The number of amides is 2. The molecule has 0 radical (unpaired) electrons. The molecule has 1 heterocycles. The summed E-state index contributed by atoms with van der Waals surface area (Å²) in [5.74, 6) is -0.710. The lowest BCUT2D eigenvalue weighted by atomic mass is 10.1. The number of piperazine rings is 1. The number of anilines is 1. The van der Waals surface area contributed by atoms with Gasteiger partial charge in [0.1, 0.15) is 5.82 Å².